The summed E-state index contributed by atoms with van der Waals surface area (Å²) in [6.07, 6.45) is 2.78. The number of dihydropyridines is 1. The van der Waals surface area contributed by atoms with E-state index < -0.39 is 12.1 Å². The van der Waals surface area contributed by atoms with Crippen molar-refractivity contribution in [2.45, 2.75) is 6.17 Å². The topological polar surface area (TPSA) is 74.4 Å². The van der Waals surface area contributed by atoms with Crippen molar-refractivity contribution in [1.82, 2.24) is 0 Å². The van der Waals surface area contributed by atoms with Gasteiger partial charge in [0.05, 0.1) is 0 Å². The number of aliphatic carboxylic acids is 1. The highest BCUT2D eigenvalue weighted by molar-refractivity contribution is 9.12. The van der Waals surface area contributed by atoms with Gasteiger partial charge in [0.1, 0.15) is 0 Å². The maximum absolute atomic E-state index is 10.7. The fraction of sp³-hybridized carbons (Fsp3) is 0.143. The van der Waals surface area contributed by atoms with Crippen LogP contribution < -0.4 is 0 Å². The van der Waals surface area contributed by atoms with Crippen LogP contribution in [0.1, 0.15) is 0 Å². The first-order valence-electron chi connectivity index (χ1n) is 3.47. The Morgan fingerprint density at radius 1 is 1.62 bits per heavy atom. The zero-order chi connectivity index (χ0) is 9.42. The molecule has 0 saturated carbocycles. The van der Waals surface area contributed by atoms with E-state index in [-0.39, 0.29) is 5.70 Å². The molecule has 0 aromatic rings. The molecule has 0 saturated heterocycles. The van der Waals surface area contributed by atoms with E-state index in [4.69, 9.17) is 5.11 Å². The molecule has 0 aliphatic carbocycles. The molecule has 66 valence electrons. The van der Waals surface area contributed by atoms with E-state index in [2.05, 4.69) is 31.2 Å². The molecule has 0 radical (unpaired) electrons. The van der Waals surface area contributed by atoms with Gasteiger partial charge in [0.15, 0.2) is 11.9 Å². The third kappa shape index (κ3) is 1.33. The second-order valence-electron chi connectivity index (χ2n) is 2.51. The molecule has 2 heterocycles. The number of allylic oxidation sites excluding steroid dienone is 1. The lowest BCUT2D eigenvalue weighted by molar-refractivity contribution is -0.132. The quantitative estimate of drug-likeness (QED) is 0.756. The Morgan fingerprint density at radius 3 is 3.08 bits per heavy atom. The zero-order valence-electron chi connectivity index (χ0n) is 6.31. The molecule has 2 aliphatic heterocycles. The van der Waals surface area contributed by atoms with E-state index in [0.29, 0.717) is 5.57 Å². The van der Waals surface area contributed by atoms with Crippen molar-refractivity contribution in [3.63, 3.8) is 0 Å². The smallest absolute Gasteiger partial charge is 0.356 e. The van der Waals surface area contributed by atoms with Gasteiger partial charge in [-0.15, -0.1) is 5.11 Å². The Balaban J connectivity index is 2.48. The van der Waals surface area contributed by atoms with Gasteiger partial charge < -0.3 is 5.11 Å². The second kappa shape index (κ2) is 2.88. The first-order chi connectivity index (χ1) is 6.18. The fourth-order valence-corrected chi connectivity index (χ4v) is 1.47. The molecule has 0 unspecified atom stereocenters. The molecule has 2 aliphatic rings. The number of nitrogens with zero attached hydrogens (tertiary/aromatic N) is 3. The largest absolute Gasteiger partial charge is 0.476 e. The van der Waals surface area contributed by atoms with Crippen LogP contribution in [-0.2, 0) is 4.79 Å². The zero-order valence-corrected chi connectivity index (χ0v) is 7.89. The lowest BCUT2D eigenvalue weighted by Crippen LogP contribution is -2.08. The van der Waals surface area contributed by atoms with Crippen molar-refractivity contribution in [2.24, 2.45) is 15.2 Å². The van der Waals surface area contributed by atoms with Crippen molar-refractivity contribution >= 4 is 28.1 Å². The standard InChI is InChI=1S/C7H4BrN3O2/c8-3-1-4-5(7(12)13)10-11-6(4)9-2-3/h1-2,6H,(H,12,13)/t6-/m0/s1. The lowest BCUT2D eigenvalue weighted by atomic mass is 10.1. The lowest BCUT2D eigenvalue weighted by Gasteiger charge is -2.07. The summed E-state index contributed by atoms with van der Waals surface area (Å²) < 4.78 is 0.727. The van der Waals surface area contributed by atoms with Crippen LogP contribution in [-0.4, -0.2) is 23.5 Å². The first kappa shape index (κ1) is 8.31. The summed E-state index contributed by atoms with van der Waals surface area (Å²) in [6, 6.07) is 0. The third-order valence-electron chi connectivity index (χ3n) is 1.65. The van der Waals surface area contributed by atoms with Gasteiger partial charge in [0.2, 0.25) is 0 Å². The predicted molar refractivity (Wildman–Crippen MR) is 48.8 cm³/mol. The van der Waals surface area contributed by atoms with Crippen LogP contribution in [0.2, 0.25) is 0 Å². The minimum absolute atomic E-state index is 0.0289. The van der Waals surface area contributed by atoms with E-state index >= 15 is 0 Å². The van der Waals surface area contributed by atoms with Gasteiger partial charge in [0.25, 0.3) is 0 Å². The second-order valence-corrected chi connectivity index (χ2v) is 3.42. The molecule has 6 heteroatoms. The Hall–Kier alpha value is -1.30. The Bertz CT molecular complexity index is 395. The Labute approximate surface area is 81.7 Å². The van der Waals surface area contributed by atoms with Gasteiger partial charge >= 0.3 is 5.97 Å². The predicted octanol–water partition coefficient (Wildman–Crippen LogP) is 1.48. The number of carbonyl (C=O) groups is 1. The van der Waals surface area contributed by atoms with Crippen LogP contribution in [0.3, 0.4) is 0 Å². The summed E-state index contributed by atoms with van der Waals surface area (Å²) in [6.45, 7) is 0. The van der Waals surface area contributed by atoms with E-state index in [1.807, 2.05) is 0 Å². The number of halogens is 1. The molecule has 0 spiro atoms. The van der Waals surface area contributed by atoms with E-state index in [1.165, 1.54) is 0 Å². The van der Waals surface area contributed by atoms with Crippen LogP contribution in [0.15, 0.2) is 37.0 Å². The number of rotatable bonds is 1. The number of aliphatic imine (C=N–C) groups is 1. The minimum atomic E-state index is -1.07. The average molecular weight is 242 g/mol. The molecule has 1 atom stereocenters. The first-order valence-corrected chi connectivity index (χ1v) is 4.26. The molecule has 5 nitrogen and oxygen atoms in total. The highest BCUT2D eigenvalue weighted by Gasteiger charge is 2.27. The number of hydrogen-bond donors (Lipinski definition) is 1. The van der Waals surface area contributed by atoms with Crippen LogP contribution >= 0.6 is 15.9 Å². The fourth-order valence-electron chi connectivity index (χ4n) is 1.10. The highest BCUT2D eigenvalue weighted by Crippen LogP contribution is 2.28. The summed E-state index contributed by atoms with van der Waals surface area (Å²) in [7, 11) is 0. The maximum Gasteiger partial charge on any atom is 0.356 e. The molecule has 13 heavy (non-hydrogen) atoms. The summed E-state index contributed by atoms with van der Waals surface area (Å²) in [5, 5.41) is 16.0. The molecule has 0 bridgehead atoms. The van der Waals surface area contributed by atoms with Gasteiger partial charge in [-0.05, 0) is 22.0 Å². The number of carboxylic acid groups (broad SMARTS) is 1. The maximum atomic E-state index is 10.7. The SMILES string of the molecule is O=C(O)C1=C2C=C(Br)C=N[C@H]2N=N1. The van der Waals surface area contributed by atoms with Crippen LogP contribution in [0.5, 0.6) is 0 Å². The van der Waals surface area contributed by atoms with Gasteiger partial charge in [-0.1, -0.05) is 0 Å². The van der Waals surface area contributed by atoms with Gasteiger partial charge in [-0.2, -0.15) is 5.11 Å². The summed E-state index contributed by atoms with van der Waals surface area (Å²) in [4.78, 5) is 14.6. The highest BCUT2D eigenvalue weighted by atomic mass is 79.9. The molecule has 0 aromatic carbocycles. The van der Waals surface area contributed by atoms with Crippen LogP contribution in [0, 0.1) is 0 Å². The summed E-state index contributed by atoms with van der Waals surface area (Å²) in [5.41, 5.74) is 0.501. The van der Waals surface area contributed by atoms with Crippen LogP contribution in [0.4, 0.5) is 0 Å². The van der Waals surface area contributed by atoms with E-state index in [9.17, 15) is 4.79 Å². The van der Waals surface area contributed by atoms with Crippen molar-refractivity contribution in [2.75, 3.05) is 0 Å². The molecule has 2 rings (SSSR count). The third-order valence-corrected chi connectivity index (χ3v) is 2.09. The molecule has 0 fully saturated rings. The Kier molecular flexibility index (Phi) is 1.84. The molecular weight excluding hydrogens is 238 g/mol. The van der Waals surface area contributed by atoms with Gasteiger partial charge in [0, 0.05) is 16.3 Å². The van der Waals surface area contributed by atoms with Crippen LogP contribution in [0.25, 0.3) is 0 Å². The normalized spacial score (nSPS) is 24.7. The Morgan fingerprint density at radius 2 is 2.38 bits per heavy atom. The number of carboxylic acids is 1. The van der Waals surface area contributed by atoms with Gasteiger partial charge in [-0.25, -0.2) is 4.79 Å². The van der Waals surface area contributed by atoms with Crippen molar-refractivity contribution in [1.29, 1.82) is 0 Å². The molecule has 1 N–H and O–H groups in total. The number of hydrogen-bond acceptors (Lipinski definition) is 4. The van der Waals surface area contributed by atoms with E-state index in [1.54, 1.807) is 12.3 Å². The van der Waals surface area contributed by atoms with Crippen molar-refractivity contribution in [3.05, 3.63) is 21.8 Å². The number of azo groups is 1. The average Bonchev–Trinajstić information content (AvgIpc) is 2.46. The van der Waals surface area contributed by atoms with E-state index in [0.717, 1.165) is 4.48 Å². The monoisotopic (exact) mass is 241 g/mol. The van der Waals surface area contributed by atoms with Gasteiger partial charge in [-0.3, -0.25) is 4.99 Å². The molecule has 0 aromatic heterocycles. The molecular formula is C7H4BrN3O2. The van der Waals surface area contributed by atoms with Crippen molar-refractivity contribution in [3.8, 4) is 0 Å². The van der Waals surface area contributed by atoms with Crippen molar-refractivity contribution < 1.29 is 9.90 Å². The number of fused-ring (bicyclic) bond motifs is 1. The molecule has 0 amide bonds. The minimum Gasteiger partial charge on any atom is -0.476 e. The summed E-state index contributed by atoms with van der Waals surface area (Å²) in [5.74, 6) is -1.07. The summed E-state index contributed by atoms with van der Waals surface area (Å²) >= 11 is 3.20.